The van der Waals surface area contributed by atoms with Crippen molar-refractivity contribution in [1.29, 1.82) is 10.5 Å². The molecule has 0 unspecified atom stereocenters. The molecule has 0 saturated carbocycles. The van der Waals surface area contributed by atoms with Crippen LogP contribution in [0, 0.1) is 22.7 Å². The highest BCUT2D eigenvalue weighted by molar-refractivity contribution is 8.07. The molecule has 10 heteroatoms. The fourth-order valence-electron chi connectivity index (χ4n) is 2.66. The molecule has 0 aromatic rings. The number of hydrogen-bond donors (Lipinski definition) is 2. The molecule has 162 valence electrons. The zero-order valence-electron chi connectivity index (χ0n) is 16.8. The van der Waals surface area contributed by atoms with Gasteiger partial charge in [-0.3, -0.25) is 0 Å². The second kappa shape index (κ2) is 15.7. The highest BCUT2D eigenvalue weighted by atomic mass is 32.3. The van der Waals surface area contributed by atoms with Crippen molar-refractivity contribution < 1.29 is 16.8 Å². The van der Waals surface area contributed by atoms with E-state index in [0.29, 0.717) is 57.8 Å². The van der Waals surface area contributed by atoms with Crippen molar-refractivity contribution in [2.75, 3.05) is 13.1 Å². The summed E-state index contributed by atoms with van der Waals surface area (Å²) in [5.41, 5.74) is 0. The molecule has 0 saturated heterocycles. The molecule has 0 aliphatic rings. The minimum absolute atomic E-state index is 0.0569. The molecule has 0 rings (SSSR count). The number of sulfonamides is 2. The van der Waals surface area contributed by atoms with Crippen LogP contribution in [0.5, 0.6) is 0 Å². The van der Waals surface area contributed by atoms with Crippen LogP contribution in [0.2, 0.25) is 0 Å². The molecule has 0 aromatic heterocycles. The van der Waals surface area contributed by atoms with Crippen molar-refractivity contribution in [2.24, 2.45) is 0 Å². The number of hydrogen-bond acceptors (Lipinski definition) is 6. The van der Waals surface area contributed by atoms with Crippen LogP contribution in [0.4, 0.5) is 0 Å². The lowest BCUT2D eigenvalue weighted by atomic mass is 10.2. The third-order valence-corrected chi connectivity index (χ3v) is 8.86. The van der Waals surface area contributed by atoms with Crippen molar-refractivity contribution in [3.63, 3.8) is 0 Å². The normalized spacial score (nSPS) is 12.0. The van der Waals surface area contributed by atoms with E-state index < -0.39 is 24.6 Å². The molecule has 0 atom stereocenters. The maximum absolute atomic E-state index is 12.6. The minimum Gasteiger partial charge on any atom is -0.214 e. The van der Waals surface area contributed by atoms with E-state index in [1.165, 1.54) is 0 Å². The zero-order valence-corrected chi connectivity index (χ0v) is 18.5. The van der Waals surface area contributed by atoms with Gasteiger partial charge in [0.05, 0.1) is 12.1 Å². The van der Waals surface area contributed by atoms with Crippen molar-refractivity contribution >= 4 is 20.0 Å². The second-order valence-electron chi connectivity index (χ2n) is 6.74. The molecule has 0 aromatic carbocycles. The van der Waals surface area contributed by atoms with Crippen LogP contribution in [-0.2, 0) is 20.0 Å². The third kappa shape index (κ3) is 12.3. The minimum atomic E-state index is -4.01. The first-order valence-corrected chi connectivity index (χ1v) is 13.1. The van der Waals surface area contributed by atoms with Gasteiger partial charge in [-0.1, -0.05) is 39.0 Å². The summed E-state index contributed by atoms with van der Waals surface area (Å²) in [7, 11) is -8.03. The maximum atomic E-state index is 12.6. The Balaban J connectivity index is 4.78. The highest BCUT2D eigenvalue weighted by Gasteiger charge is 2.36. The van der Waals surface area contributed by atoms with E-state index in [9.17, 15) is 16.8 Å². The molecule has 0 bridgehead atoms. The van der Waals surface area contributed by atoms with Crippen LogP contribution in [0.1, 0.15) is 84.0 Å². The first-order valence-electron chi connectivity index (χ1n) is 10.0. The number of nitrogens with zero attached hydrogens (tertiary/aromatic N) is 2. The van der Waals surface area contributed by atoms with Crippen molar-refractivity contribution in [2.45, 2.75) is 88.6 Å². The van der Waals surface area contributed by atoms with Crippen LogP contribution < -0.4 is 9.44 Å². The molecule has 8 nitrogen and oxygen atoms in total. The molecule has 0 aliphatic carbocycles. The van der Waals surface area contributed by atoms with Crippen LogP contribution in [0.25, 0.3) is 0 Å². The summed E-state index contributed by atoms with van der Waals surface area (Å²) in [5, 5.41) is 17.0. The number of nitriles is 2. The Labute approximate surface area is 170 Å². The van der Waals surface area contributed by atoms with Gasteiger partial charge >= 0.3 is 0 Å². The Hall–Kier alpha value is -1.20. The van der Waals surface area contributed by atoms with Gasteiger partial charge in [0.1, 0.15) is 0 Å². The van der Waals surface area contributed by atoms with Crippen LogP contribution in [-0.4, -0.2) is 34.5 Å². The first-order chi connectivity index (χ1) is 13.3. The Morgan fingerprint density at radius 1 is 0.714 bits per heavy atom. The van der Waals surface area contributed by atoms with Gasteiger partial charge in [0.15, 0.2) is 4.58 Å². The predicted octanol–water partition coefficient (Wildman–Crippen LogP) is 2.90. The largest absolute Gasteiger partial charge is 0.230 e. The van der Waals surface area contributed by atoms with E-state index in [2.05, 4.69) is 9.44 Å². The third-order valence-electron chi connectivity index (χ3n) is 4.27. The molecule has 0 amide bonds. The summed E-state index contributed by atoms with van der Waals surface area (Å²) in [6.45, 7) is 2.31. The van der Waals surface area contributed by atoms with E-state index >= 15 is 0 Å². The lowest BCUT2D eigenvalue weighted by molar-refractivity contribution is 0.540. The number of rotatable bonds is 18. The Morgan fingerprint density at radius 3 is 1.57 bits per heavy atom. The van der Waals surface area contributed by atoms with Crippen molar-refractivity contribution in [1.82, 2.24) is 9.44 Å². The molecular formula is C18H34N4O4S2. The Kier molecular flexibility index (Phi) is 15.0. The summed E-state index contributed by atoms with van der Waals surface area (Å²) in [6, 6.07) is 4.07. The lowest BCUT2D eigenvalue weighted by Crippen LogP contribution is -2.45. The van der Waals surface area contributed by atoms with Crippen LogP contribution in [0.15, 0.2) is 0 Å². The topological polar surface area (TPSA) is 140 Å². The van der Waals surface area contributed by atoms with Gasteiger partial charge in [-0.15, -0.1) is 0 Å². The molecule has 2 N–H and O–H groups in total. The average molecular weight is 435 g/mol. The summed E-state index contributed by atoms with van der Waals surface area (Å²) >= 11 is 0. The van der Waals surface area contributed by atoms with Crippen molar-refractivity contribution in [3.05, 3.63) is 0 Å². The van der Waals surface area contributed by atoms with E-state index in [-0.39, 0.29) is 19.5 Å². The van der Waals surface area contributed by atoms with Gasteiger partial charge in [0, 0.05) is 25.9 Å². The van der Waals surface area contributed by atoms with Gasteiger partial charge in [0.2, 0.25) is 20.0 Å². The smallest absolute Gasteiger partial charge is 0.214 e. The second-order valence-corrected chi connectivity index (χ2v) is 10.9. The van der Waals surface area contributed by atoms with Gasteiger partial charge in [0.25, 0.3) is 0 Å². The van der Waals surface area contributed by atoms with Crippen LogP contribution in [0.3, 0.4) is 0 Å². The summed E-state index contributed by atoms with van der Waals surface area (Å²) in [5.74, 6) is 0. The highest BCUT2D eigenvalue weighted by Crippen LogP contribution is 2.17. The average Bonchev–Trinajstić information content (AvgIpc) is 2.64. The molecule has 0 spiro atoms. The molecule has 28 heavy (non-hydrogen) atoms. The van der Waals surface area contributed by atoms with Gasteiger partial charge in [-0.05, 0) is 32.1 Å². The van der Waals surface area contributed by atoms with E-state index in [0.717, 1.165) is 12.8 Å². The van der Waals surface area contributed by atoms with Crippen LogP contribution >= 0.6 is 0 Å². The number of unbranched alkanes of at least 4 members (excludes halogenated alkanes) is 8. The standard InChI is InChI=1S/C18H34N4O4S2/c1-2-3-8-13-18(27(23,24)21-16-11-6-4-9-14-19)28(25,26)22-17-12-7-5-10-15-20/h18,21-22H,2-13,16-17H2,1H3. The zero-order chi connectivity index (χ0) is 21.3. The molecule has 0 fully saturated rings. The summed E-state index contributed by atoms with van der Waals surface area (Å²) in [4.78, 5) is 0. The molecular weight excluding hydrogens is 400 g/mol. The predicted molar refractivity (Wildman–Crippen MR) is 110 cm³/mol. The molecule has 0 aliphatic heterocycles. The van der Waals surface area contributed by atoms with Gasteiger partial charge in [-0.2, -0.15) is 10.5 Å². The Bertz CT molecular complexity index is 638. The first kappa shape index (κ1) is 26.8. The monoisotopic (exact) mass is 434 g/mol. The SMILES string of the molecule is CCCCCC(S(=O)(=O)NCCCCCC#N)S(=O)(=O)NCCCCCC#N. The Morgan fingerprint density at radius 2 is 1.18 bits per heavy atom. The quantitative estimate of drug-likeness (QED) is 0.318. The summed E-state index contributed by atoms with van der Waals surface area (Å²) in [6.07, 6.45) is 7.02. The lowest BCUT2D eigenvalue weighted by Gasteiger charge is -2.19. The maximum Gasteiger partial charge on any atom is 0.230 e. The summed E-state index contributed by atoms with van der Waals surface area (Å²) < 4.78 is 53.8. The fraction of sp³-hybridized carbons (Fsp3) is 0.889. The van der Waals surface area contributed by atoms with Gasteiger partial charge in [-0.25, -0.2) is 26.3 Å². The van der Waals surface area contributed by atoms with Crippen molar-refractivity contribution in [3.8, 4) is 12.1 Å². The fourth-order valence-corrected chi connectivity index (χ4v) is 6.59. The number of nitrogens with one attached hydrogen (secondary N) is 2. The van der Waals surface area contributed by atoms with E-state index in [1.807, 2.05) is 19.1 Å². The van der Waals surface area contributed by atoms with E-state index in [4.69, 9.17) is 10.5 Å². The van der Waals surface area contributed by atoms with E-state index in [1.54, 1.807) is 0 Å². The molecule has 0 radical (unpaired) electrons. The molecule has 0 heterocycles. The van der Waals surface area contributed by atoms with Gasteiger partial charge < -0.3 is 0 Å².